The molecular formula is C21H16Cl2N2O4. The van der Waals surface area contributed by atoms with Crippen molar-refractivity contribution < 1.29 is 19.7 Å². The summed E-state index contributed by atoms with van der Waals surface area (Å²) in [5.74, 6) is -0.566. The van der Waals surface area contributed by atoms with E-state index >= 15 is 0 Å². The molecule has 0 radical (unpaired) electrons. The molecule has 3 rings (SSSR count). The van der Waals surface area contributed by atoms with Gasteiger partial charge in [0.2, 0.25) is 0 Å². The zero-order valence-corrected chi connectivity index (χ0v) is 16.5. The Morgan fingerprint density at radius 1 is 1.03 bits per heavy atom. The molecule has 0 unspecified atom stereocenters. The third-order valence-corrected chi connectivity index (χ3v) is 4.45. The van der Waals surface area contributed by atoms with Gasteiger partial charge < -0.3 is 14.9 Å². The van der Waals surface area contributed by atoms with Gasteiger partial charge in [-0.1, -0.05) is 41.4 Å². The molecule has 0 saturated carbocycles. The zero-order chi connectivity index (χ0) is 20.8. The Hall–Kier alpha value is -3.22. The molecule has 0 aliphatic heterocycles. The molecule has 6 nitrogen and oxygen atoms in total. The van der Waals surface area contributed by atoms with Crippen molar-refractivity contribution in [2.75, 3.05) is 0 Å². The van der Waals surface area contributed by atoms with Gasteiger partial charge in [-0.3, -0.25) is 4.79 Å². The van der Waals surface area contributed by atoms with Gasteiger partial charge in [0.1, 0.15) is 23.9 Å². The van der Waals surface area contributed by atoms with Gasteiger partial charge in [-0.15, -0.1) is 0 Å². The predicted molar refractivity (Wildman–Crippen MR) is 112 cm³/mol. The monoisotopic (exact) mass is 430 g/mol. The molecule has 29 heavy (non-hydrogen) atoms. The summed E-state index contributed by atoms with van der Waals surface area (Å²) in [6, 6.07) is 15.9. The van der Waals surface area contributed by atoms with E-state index in [4.69, 9.17) is 27.9 Å². The number of aromatic hydroxyl groups is 2. The highest BCUT2D eigenvalue weighted by Gasteiger charge is 2.09. The van der Waals surface area contributed by atoms with Gasteiger partial charge >= 0.3 is 0 Å². The summed E-state index contributed by atoms with van der Waals surface area (Å²) in [5, 5.41) is 23.9. The number of hydrazone groups is 1. The number of hydrogen-bond donors (Lipinski definition) is 3. The van der Waals surface area contributed by atoms with Crippen LogP contribution in [-0.2, 0) is 6.61 Å². The Morgan fingerprint density at radius 3 is 2.48 bits per heavy atom. The van der Waals surface area contributed by atoms with Crippen LogP contribution < -0.4 is 10.2 Å². The Bertz CT molecular complexity index is 1050. The fourth-order valence-corrected chi connectivity index (χ4v) is 2.84. The topological polar surface area (TPSA) is 91.2 Å². The van der Waals surface area contributed by atoms with E-state index < -0.39 is 5.91 Å². The maximum absolute atomic E-state index is 12.1. The van der Waals surface area contributed by atoms with Crippen LogP contribution in [-0.4, -0.2) is 22.3 Å². The summed E-state index contributed by atoms with van der Waals surface area (Å²) in [5.41, 5.74) is 3.74. The second-order valence-corrected chi connectivity index (χ2v) is 6.84. The Morgan fingerprint density at radius 2 is 1.76 bits per heavy atom. The summed E-state index contributed by atoms with van der Waals surface area (Å²) in [6.45, 7) is 0.247. The molecule has 148 valence electrons. The summed E-state index contributed by atoms with van der Waals surface area (Å²) < 4.78 is 5.82. The molecule has 3 aromatic carbocycles. The lowest BCUT2D eigenvalue weighted by atomic mass is 10.2. The van der Waals surface area contributed by atoms with Crippen molar-refractivity contribution in [2.45, 2.75) is 6.61 Å². The quantitative estimate of drug-likeness (QED) is 0.388. The van der Waals surface area contributed by atoms with Crippen LogP contribution in [0.25, 0.3) is 0 Å². The molecule has 3 aromatic rings. The normalized spacial score (nSPS) is 10.8. The van der Waals surface area contributed by atoms with E-state index in [0.29, 0.717) is 21.4 Å². The number of amides is 1. The summed E-state index contributed by atoms with van der Waals surface area (Å²) in [4.78, 5) is 12.1. The number of rotatable bonds is 6. The van der Waals surface area contributed by atoms with Crippen molar-refractivity contribution >= 4 is 35.3 Å². The lowest BCUT2D eigenvalue weighted by molar-refractivity contribution is 0.0954. The van der Waals surface area contributed by atoms with Crippen molar-refractivity contribution in [3.8, 4) is 17.2 Å². The lowest BCUT2D eigenvalue weighted by Crippen LogP contribution is -2.17. The number of phenols is 2. The number of phenolic OH excluding ortho intramolecular Hbond substituents is 2. The van der Waals surface area contributed by atoms with Crippen LogP contribution in [0.3, 0.4) is 0 Å². The fourth-order valence-electron chi connectivity index (χ4n) is 2.47. The largest absolute Gasteiger partial charge is 0.508 e. The molecule has 8 heteroatoms. The molecule has 0 heterocycles. The number of nitrogens with zero attached hydrogens (tertiary/aromatic N) is 1. The van der Waals surface area contributed by atoms with Gasteiger partial charge in [0.05, 0.1) is 6.21 Å². The van der Waals surface area contributed by atoms with Crippen LogP contribution in [0.15, 0.2) is 65.8 Å². The molecular weight excluding hydrogens is 415 g/mol. The first-order chi connectivity index (χ1) is 13.9. The summed E-state index contributed by atoms with van der Waals surface area (Å²) in [7, 11) is 0. The summed E-state index contributed by atoms with van der Waals surface area (Å²) in [6.07, 6.45) is 1.38. The van der Waals surface area contributed by atoms with E-state index in [0.717, 1.165) is 11.6 Å². The fraction of sp³-hybridized carbons (Fsp3) is 0.0476. The van der Waals surface area contributed by atoms with Gasteiger partial charge in [0, 0.05) is 32.8 Å². The molecule has 0 aliphatic carbocycles. The van der Waals surface area contributed by atoms with Crippen molar-refractivity contribution in [2.24, 2.45) is 5.10 Å². The number of halogens is 2. The molecule has 0 fully saturated rings. The first kappa shape index (κ1) is 20.5. The molecule has 0 spiro atoms. The maximum Gasteiger partial charge on any atom is 0.271 e. The van der Waals surface area contributed by atoms with Crippen molar-refractivity contribution in [3.63, 3.8) is 0 Å². The molecule has 0 saturated heterocycles. The highest BCUT2D eigenvalue weighted by atomic mass is 35.5. The number of benzene rings is 3. The van der Waals surface area contributed by atoms with Gasteiger partial charge in [-0.05, 0) is 36.4 Å². The minimum Gasteiger partial charge on any atom is -0.508 e. The SMILES string of the molecule is O=C(N/N=C\c1cc(Cl)ccc1OCc1ccccc1Cl)c1cc(O)cc(O)c1. The van der Waals surface area contributed by atoms with Crippen LogP contribution >= 0.6 is 23.2 Å². The first-order valence-electron chi connectivity index (χ1n) is 8.44. The van der Waals surface area contributed by atoms with Crippen LogP contribution in [0.5, 0.6) is 17.2 Å². The van der Waals surface area contributed by atoms with Gasteiger partial charge in [0.25, 0.3) is 5.91 Å². The van der Waals surface area contributed by atoms with Crippen LogP contribution in [0.4, 0.5) is 0 Å². The van der Waals surface area contributed by atoms with E-state index in [2.05, 4.69) is 10.5 Å². The number of ether oxygens (including phenoxy) is 1. The first-order valence-corrected chi connectivity index (χ1v) is 9.20. The minimum atomic E-state index is -0.604. The average molecular weight is 431 g/mol. The zero-order valence-electron chi connectivity index (χ0n) is 15.0. The van der Waals surface area contributed by atoms with Gasteiger partial charge in [-0.2, -0.15) is 5.10 Å². The molecule has 3 N–H and O–H groups in total. The highest BCUT2D eigenvalue weighted by molar-refractivity contribution is 6.31. The van der Waals surface area contributed by atoms with Gasteiger partial charge in [-0.25, -0.2) is 5.43 Å². The van der Waals surface area contributed by atoms with E-state index in [1.54, 1.807) is 24.3 Å². The van der Waals surface area contributed by atoms with Gasteiger partial charge in [0.15, 0.2) is 0 Å². The van der Waals surface area contributed by atoms with Crippen LogP contribution in [0.2, 0.25) is 10.0 Å². The van der Waals surface area contributed by atoms with E-state index in [1.807, 2.05) is 18.2 Å². The Kier molecular flexibility index (Phi) is 6.59. The molecule has 1 amide bonds. The predicted octanol–water partition coefficient (Wildman–Crippen LogP) is 4.75. The maximum atomic E-state index is 12.1. The highest BCUT2D eigenvalue weighted by Crippen LogP contribution is 2.24. The standard InChI is InChI=1S/C21H16Cl2N2O4/c22-16-5-6-20(29-12-13-3-1-2-4-19(13)23)15(7-16)11-24-25-21(28)14-8-17(26)10-18(27)9-14/h1-11,26-27H,12H2,(H,25,28)/b24-11-. The second-order valence-electron chi connectivity index (χ2n) is 6.00. The van der Waals surface area contributed by atoms with E-state index in [-0.39, 0.29) is 23.7 Å². The Labute approximate surface area is 177 Å². The number of carbonyl (C=O) groups is 1. The number of nitrogens with one attached hydrogen (secondary N) is 1. The molecule has 0 aromatic heterocycles. The minimum absolute atomic E-state index is 0.0564. The molecule has 0 bridgehead atoms. The Balaban J connectivity index is 1.72. The van der Waals surface area contributed by atoms with Crippen LogP contribution in [0, 0.1) is 0 Å². The average Bonchev–Trinajstić information content (AvgIpc) is 2.67. The molecule has 0 atom stereocenters. The number of carbonyl (C=O) groups excluding carboxylic acids is 1. The van der Waals surface area contributed by atoms with Crippen LogP contribution in [0.1, 0.15) is 21.5 Å². The van der Waals surface area contributed by atoms with E-state index in [9.17, 15) is 15.0 Å². The van der Waals surface area contributed by atoms with E-state index in [1.165, 1.54) is 18.3 Å². The lowest BCUT2D eigenvalue weighted by Gasteiger charge is -2.10. The smallest absolute Gasteiger partial charge is 0.271 e. The van der Waals surface area contributed by atoms with Crippen molar-refractivity contribution in [3.05, 3.63) is 87.4 Å². The third kappa shape index (κ3) is 5.63. The van der Waals surface area contributed by atoms with Crippen molar-refractivity contribution in [1.29, 1.82) is 0 Å². The summed E-state index contributed by atoms with van der Waals surface area (Å²) >= 11 is 12.2. The number of hydrogen-bond acceptors (Lipinski definition) is 5. The van der Waals surface area contributed by atoms with Crippen molar-refractivity contribution in [1.82, 2.24) is 5.43 Å². The second kappa shape index (κ2) is 9.32. The molecule has 0 aliphatic rings. The third-order valence-electron chi connectivity index (χ3n) is 3.85.